The molecule has 1 aliphatic carbocycles. The van der Waals surface area contributed by atoms with Gasteiger partial charge < -0.3 is 10.5 Å². The van der Waals surface area contributed by atoms with Crippen molar-refractivity contribution < 1.29 is 4.74 Å². The molecule has 0 aromatic heterocycles. The Bertz CT molecular complexity index is 271. The lowest BCUT2D eigenvalue weighted by atomic mass is 9.86. The molecule has 3 heteroatoms. The van der Waals surface area contributed by atoms with E-state index in [1.54, 1.807) is 0 Å². The first kappa shape index (κ1) is 15.3. The average molecular weight is 268 g/mol. The number of hydrogen-bond donors (Lipinski definition) is 1. The number of morpholine rings is 1. The molecule has 0 amide bonds. The monoisotopic (exact) mass is 268 g/mol. The second kappa shape index (κ2) is 7.05. The molecule has 0 radical (unpaired) electrons. The fourth-order valence-electron chi connectivity index (χ4n) is 3.92. The van der Waals surface area contributed by atoms with Crippen molar-refractivity contribution in [2.24, 2.45) is 11.7 Å². The fraction of sp³-hybridized carbons (Fsp3) is 1.00. The first-order valence-electron chi connectivity index (χ1n) is 8.30. The Morgan fingerprint density at radius 3 is 2.74 bits per heavy atom. The molecule has 3 atom stereocenters. The minimum atomic E-state index is 0.265. The van der Waals surface area contributed by atoms with Gasteiger partial charge >= 0.3 is 0 Å². The third-order valence-electron chi connectivity index (χ3n) is 5.49. The molecule has 2 fully saturated rings. The molecule has 0 aromatic rings. The molecular formula is C16H32N2O. The Morgan fingerprint density at radius 2 is 2.05 bits per heavy atom. The molecule has 2 N–H and O–H groups in total. The summed E-state index contributed by atoms with van der Waals surface area (Å²) >= 11 is 0. The third-order valence-corrected chi connectivity index (χ3v) is 5.49. The van der Waals surface area contributed by atoms with Crippen LogP contribution in [0, 0.1) is 5.92 Å². The van der Waals surface area contributed by atoms with Crippen LogP contribution < -0.4 is 5.73 Å². The first-order chi connectivity index (χ1) is 9.24. The summed E-state index contributed by atoms with van der Waals surface area (Å²) in [6, 6.07) is 0. The fourth-order valence-corrected chi connectivity index (χ4v) is 3.92. The van der Waals surface area contributed by atoms with Crippen molar-refractivity contribution in [3.05, 3.63) is 0 Å². The van der Waals surface area contributed by atoms with Gasteiger partial charge in [0.2, 0.25) is 0 Å². The Hall–Kier alpha value is -0.120. The van der Waals surface area contributed by atoms with Crippen molar-refractivity contribution in [2.75, 3.05) is 26.2 Å². The molecule has 1 heterocycles. The number of ether oxygens (including phenoxy) is 1. The first-order valence-corrected chi connectivity index (χ1v) is 8.30. The molecule has 1 aliphatic heterocycles. The zero-order valence-corrected chi connectivity index (χ0v) is 12.9. The standard InChI is InChI=1S/C16H32N2O/c1-3-14-6-5-8-16(13-17,9-7-14)18-10-11-19-15(4-2)12-18/h14-15H,3-13,17H2,1-2H3. The van der Waals surface area contributed by atoms with Gasteiger partial charge in [0.05, 0.1) is 12.7 Å². The number of nitrogens with zero attached hydrogens (tertiary/aromatic N) is 1. The van der Waals surface area contributed by atoms with E-state index in [1.807, 2.05) is 0 Å². The van der Waals surface area contributed by atoms with E-state index < -0.39 is 0 Å². The van der Waals surface area contributed by atoms with Gasteiger partial charge in [-0.2, -0.15) is 0 Å². The van der Waals surface area contributed by atoms with Gasteiger partial charge in [0.1, 0.15) is 0 Å². The Balaban J connectivity index is 2.04. The topological polar surface area (TPSA) is 38.5 Å². The summed E-state index contributed by atoms with van der Waals surface area (Å²) in [6.45, 7) is 8.43. The van der Waals surface area contributed by atoms with Gasteiger partial charge in [-0.15, -0.1) is 0 Å². The van der Waals surface area contributed by atoms with E-state index in [0.29, 0.717) is 6.10 Å². The Morgan fingerprint density at radius 1 is 1.21 bits per heavy atom. The van der Waals surface area contributed by atoms with Crippen LogP contribution in [0.2, 0.25) is 0 Å². The lowest BCUT2D eigenvalue weighted by molar-refractivity contribution is -0.0732. The second-order valence-electron chi connectivity index (χ2n) is 6.48. The normalized spacial score (nSPS) is 38.1. The largest absolute Gasteiger partial charge is 0.376 e. The van der Waals surface area contributed by atoms with E-state index in [4.69, 9.17) is 10.5 Å². The number of hydrogen-bond acceptors (Lipinski definition) is 3. The van der Waals surface area contributed by atoms with Crippen LogP contribution in [0.3, 0.4) is 0 Å². The molecular weight excluding hydrogens is 236 g/mol. The highest BCUT2D eigenvalue weighted by atomic mass is 16.5. The molecule has 0 aromatic carbocycles. The quantitative estimate of drug-likeness (QED) is 0.797. The lowest BCUT2D eigenvalue weighted by Crippen LogP contribution is -2.59. The number of rotatable bonds is 4. The third kappa shape index (κ3) is 3.50. The van der Waals surface area contributed by atoms with Crippen LogP contribution in [0.5, 0.6) is 0 Å². The molecule has 2 rings (SSSR count). The van der Waals surface area contributed by atoms with E-state index in [-0.39, 0.29) is 5.54 Å². The summed E-state index contributed by atoms with van der Waals surface area (Å²) in [5.74, 6) is 0.927. The van der Waals surface area contributed by atoms with E-state index in [1.165, 1.54) is 38.5 Å². The number of nitrogens with two attached hydrogens (primary N) is 1. The predicted molar refractivity (Wildman–Crippen MR) is 80.3 cm³/mol. The van der Waals surface area contributed by atoms with Gasteiger partial charge in [-0.05, 0) is 31.6 Å². The molecule has 3 nitrogen and oxygen atoms in total. The van der Waals surface area contributed by atoms with Crippen LogP contribution in [0.15, 0.2) is 0 Å². The highest BCUT2D eigenvalue weighted by molar-refractivity contribution is 4.96. The summed E-state index contributed by atoms with van der Waals surface area (Å²) in [5.41, 5.74) is 6.49. The van der Waals surface area contributed by atoms with E-state index in [2.05, 4.69) is 18.7 Å². The van der Waals surface area contributed by atoms with Crippen LogP contribution in [0.25, 0.3) is 0 Å². The van der Waals surface area contributed by atoms with Gasteiger partial charge in [0, 0.05) is 25.2 Å². The summed E-state index contributed by atoms with van der Waals surface area (Å²) in [6.07, 6.45) is 9.57. The van der Waals surface area contributed by atoms with E-state index in [9.17, 15) is 0 Å². The van der Waals surface area contributed by atoms with Crippen LogP contribution in [0.4, 0.5) is 0 Å². The minimum absolute atomic E-state index is 0.265. The maximum absolute atomic E-state index is 6.23. The molecule has 112 valence electrons. The van der Waals surface area contributed by atoms with Gasteiger partial charge in [-0.1, -0.05) is 33.1 Å². The van der Waals surface area contributed by atoms with Crippen LogP contribution in [0.1, 0.15) is 58.8 Å². The van der Waals surface area contributed by atoms with Crippen LogP contribution in [-0.4, -0.2) is 42.8 Å². The SMILES string of the molecule is CCC1CCCC(CN)(N2CCOC(CC)C2)CC1. The summed E-state index contributed by atoms with van der Waals surface area (Å²) < 4.78 is 5.83. The molecule has 0 bridgehead atoms. The van der Waals surface area contributed by atoms with Gasteiger partial charge in [-0.25, -0.2) is 0 Å². The lowest BCUT2D eigenvalue weighted by Gasteiger charge is -2.47. The highest BCUT2D eigenvalue weighted by Gasteiger charge is 2.39. The van der Waals surface area contributed by atoms with Crippen LogP contribution >= 0.6 is 0 Å². The maximum atomic E-state index is 6.23. The molecule has 3 unspecified atom stereocenters. The van der Waals surface area contributed by atoms with Crippen molar-refractivity contribution >= 4 is 0 Å². The van der Waals surface area contributed by atoms with Crippen molar-refractivity contribution in [3.63, 3.8) is 0 Å². The molecule has 19 heavy (non-hydrogen) atoms. The van der Waals surface area contributed by atoms with E-state index in [0.717, 1.165) is 38.6 Å². The zero-order chi connectivity index (χ0) is 13.7. The predicted octanol–water partition coefficient (Wildman–Crippen LogP) is 2.79. The molecule has 2 aliphatic rings. The zero-order valence-electron chi connectivity index (χ0n) is 12.9. The van der Waals surface area contributed by atoms with Crippen molar-refractivity contribution in [2.45, 2.75) is 70.4 Å². The maximum Gasteiger partial charge on any atom is 0.0700 e. The Labute approximate surface area is 118 Å². The second-order valence-corrected chi connectivity index (χ2v) is 6.48. The average Bonchev–Trinajstić information content (AvgIpc) is 2.70. The van der Waals surface area contributed by atoms with Crippen molar-refractivity contribution in [1.29, 1.82) is 0 Å². The van der Waals surface area contributed by atoms with Crippen molar-refractivity contribution in [1.82, 2.24) is 4.90 Å². The Kier molecular flexibility index (Phi) is 5.67. The smallest absolute Gasteiger partial charge is 0.0700 e. The summed E-state index contributed by atoms with van der Waals surface area (Å²) in [4.78, 5) is 2.67. The molecule has 0 spiro atoms. The summed E-state index contributed by atoms with van der Waals surface area (Å²) in [5, 5.41) is 0. The van der Waals surface area contributed by atoms with E-state index >= 15 is 0 Å². The van der Waals surface area contributed by atoms with Gasteiger partial charge in [0.25, 0.3) is 0 Å². The molecule has 1 saturated carbocycles. The highest BCUT2D eigenvalue weighted by Crippen LogP contribution is 2.36. The van der Waals surface area contributed by atoms with Gasteiger partial charge in [0.15, 0.2) is 0 Å². The van der Waals surface area contributed by atoms with Crippen LogP contribution in [-0.2, 0) is 4.74 Å². The summed E-state index contributed by atoms with van der Waals surface area (Å²) in [7, 11) is 0. The molecule has 1 saturated heterocycles. The van der Waals surface area contributed by atoms with Crippen molar-refractivity contribution in [3.8, 4) is 0 Å². The van der Waals surface area contributed by atoms with Gasteiger partial charge in [-0.3, -0.25) is 4.90 Å². The minimum Gasteiger partial charge on any atom is -0.376 e.